The zero-order valence-electron chi connectivity index (χ0n) is 16.4. The van der Waals surface area contributed by atoms with Crippen molar-refractivity contribution in [2.75, 3.05) is 13.2 Å². The Labute approximate surface area is 165 Å². The molecular formula is C22H24N4O2. The van der Waals surface area contributed by atoms with E-state index in [0.29, 0.717) is 30.4 Å². The summed E-state index contributed by atoms with van der Waals surface area (Å²) in [5.74, 6) is 1.97. The van der Waals surface area contributed by atoms with Crippen molar-refractivity contribution in [2.24, 2.45) is 0 Å². The first-order valence-electron chi connectivity index (χ1n) is 9.44. The molecule has 3 aromatic rings. The van der Waals surface area contributed by atoms with Gasteiger partial charge in [-0.1, -0.05) is 24.2 Å². The molecule has 144 valence electrons. The molecule has 0 amide bonds. The predicted octanol–water partition coefficient (Wildman–Crippen LogP) is 4.59. The van der Waals surface area contributed by atoms with Crippen LogP contribution in [-0.4, -0.2) is 28.2 Å². The molecule has 28 heavy (non-hydrogen) atoms. The fraction of sp³-hybridized carbons (Fsp3) is 0.318. The van der Waals surface area contributed by atoms with Crippen LogP contribution in [0.4, 0.5) is 0 Å². The fourth-order valence-electron chi connectivity index (χ4n) is 3.05. The van der Waals surface area contributed by atoms with E-state index in [1.54, 1.807) is 0 Å². The maximum atomic E-state index is 8.96. The Hall–Kier alpha value is -3.17. The number of nitrogens with zero attached hydrogens (tertiary/aromatic N) is 4. The Kier molecular flexibility index (Phi) is 6.41. The molecular weight excluding hydrogens is 352 g/mol. The van der Waals surface area contributed by atoms with Crippen LogP contribution in [0.1, 0.15) is 43.8 Å². The van der Waals surface area contributed by atoms with Gasteiger partial charge in [-0.15, -0.1) is 0 Å². The van der Waals surface area contributed by atoms with Crippen molar-refractivity contribution in [1.82, 2.24) is 15.0 Å². The summed E-state index contributed by atoms with van der Waals surface area (Å²) >= 11 is 0. The maximum Gasteiger partial charge on any atom is 0.241 e. The minimum Gasteiger partial charge on any atom is -0.494 e. The van der Waals surface area contributed by atoms with E-state index in [9.17, 15) is 0 Å². The van der Waals surface area contributed by atoms with Crippen LogP contribution in [0, 0.1) is 11.3 Å². The van der Waals surface area contributed by atoms with Gasteiger partial charge in [-0.2, -0.15) is 10.2 Å². The Balaban J connectivity index is 1.70. The Morgan fingerprint density at radius 1 is 1.11 bits per heavy atom. The summed E-state index contributed by atoms with van der Waals surface area (Å²) < 4.78 is 10.9. The molecule has 1 unspecified atom stereocenters. The molecule has 3 rings (SSSR count). The lowest BCUT2D eigenvalue weighted by molar-refractivity contribution is 0.184. The molecule has 0 bridgehead atoms. The third-order valence-corrected chi connectivity index (χ3v) is 4.71. The number of rotatable bonds is 8. The first kappa shape index (κ1) is 19.6. The highest BCUT2D eigenvalue weighted by Crippen LogP contribution is 2.24. The summed E-state index contributed by atoms with van der Waals surface area (Å²) in [6.07, 6.45) is 0. The highest BCUT2D eigenvalue weighted by atomic mass is 16.5. The lowest BCUT2D eigenvalue weighted by Gasteiger charge is -2.26. The van der Waals surface area contributed by atoms with Crippen LogP contribution in [0.3, 0.4) is 0 Å². The average Bonchev–Trinajstić information content (AvgIpc) is 3.21. The molecule has 0 saturated heterocycles. The van der Waals surface area contributed by atoms with Gasteiger partial charge in [0.1, 0.15) is 5.75 Å². The van der Waals surface area contributed by atoms with Crippen LogP contribution in [0.2, 0.25) is 0 Å². The molecule has 2 aromatic carbocycles. The van der Waals surface area contributed by atoms with E-state index in [4.69, 9.17) is 14.5 Å². The van der Waals surface area contributed by atoms with Crippen molar-refractivity contribution in [2.45, 2.75) is 33.4 Å². The number of hydrogen-bond acceptors (Lipinski definition) is 6. The van der Waals surface area contributed by atoms with Crippen molar-refractivity contribution < 1.29 is 9.26 Å². The van der Waals surface area contributed by atoms with Gasteiger partial charge in [-0.25, -0.2) is 0 Å². The summed E-state index contributed by atoms with van der Waals surface area (Å²) in [4.78, 5) is 6.79. The smallest absolute Gasteiger partial charge is 0.241 e. The van der Waals surface area contributed by atoms with Gasteiger partial charge >= 0.3 is 0 Å². The molecule has 1 atom stereocenters. The van der Waals surface area contributed by atoms with Gasteiger partial charge < -0.3 is 9.26 Å². The molecule has 6 heteroatoms. The van der Waals surface area contributed by atoms with Gasteiger partial charge in [0.2, 0.25) is 11.7 Å². The molecule has 0 radical (unpaired) electrons. The number of nitriles is 1. The van der Waals surface area contributed by atoms with Gasteiger partial charge in [0, 0.05) is 11.6 Å². The molecule has 6 nitrogen and oxygen atoms in total. The summed E-state index contributed by atoms with van der Waals surface area (Å²) in [7, 11) is 0. The SMILES string of the molecule is CCOc1ccc(-c2noc(CN(CC)C(C)c3ccc(C#N)cc3)n2)cc1. The topological polar surface area (TPSA) is 75.2 Å². The van der Waals surface area contributed by atoms with Crippen LogP contribution in [0.15, 0.2) is 53.1 Å². The first-order chi connectivity index (χ1) is 13.6. The molecule has 0 aliphatic rings. The molecule has 0 aliphatic heterocycles. The lowest BCUT2D eigenvalue weighted by Crippen LogP contribution is -2.26. The number of ether oxygens (including phenoxy) is 1. The summed E-state index contributed by atoms with van der Waals surface area (Å²) in [5, 5.41) is 13.1. The number of benzene rings is 2. The van der Waals surface area contributed by atoms with E-state index in [2.05, 4.69) is 35.0 Å². The number of hydrogen-bond donors (Lipinski definition) is 0. The second-order valence-electron chi connectivity index (χ2n) is 6.44. The van der Waals surface area contributed by atoms with Gasteiger partial charge in [-0.05, 0) is 62.4 Å². The fourth-order valence-corrected chi connectivity index (χ4v) is 3.05. The monoisotopic (exact) mass is 376 g/mol. The van der Waals surface area contributed by atoms with Gasteiger partial charge in [0.25, 0.3) is 0 Å². The standard InChI is InChI=1S/C22H24N4O2/c1-4-26(16(3)18-8-6-17(14-23)7-9-18)15-21-24-22(25-28-21)19-10-12-20(13-11-19)27-5-2/h6-13,16H,4-5,15H2,1-3H3. The number of aromatic nitrogens is 2. The average molecular weight is 376 g/mol. The maximum absolute atomic E-state index is 8.96. The zero-order chi connectivity index (χ0) is 19.9. The van der Waals surface area contributed by atoms with E-state index in [0.717, 1.165) is 23.4 Å². The Bertz CT molecular complexity index is 926. The van der Waals surface area contributed by atoms with Gasteiger partial charge in [0.05, 0.1) is 24.8 Å². The Morgan fingerprint density at radius 3 is 2.43 bits per heavy atom. The predicted molar refractivity (Wildman–Crippen MR) is 107 cm³/mol. The zero-order valence-corrected chi connectivity index (χ0v) is 16.4. The summed E-state index contributed by atoms with van der Waals surface area (Å²) in [6, 6.07) is 17.6. The summed E-state index contributed by atoms with van der Waals surface area (Å²) in [6.45, 7) is 8.22. The van der Waals surface area contributed by atoms with Gasteiger partial charge in [0.15, 0.2) is 0 Å². The normalized spacial score (nSPS) is 12.0. The second kappa shape index (κ2) is 9.16. The van der Waals surface area contributed by atoms with E-state index in [1.807, 2.05) is 55.5 Å². The van der Waals surface area contributed by atoms with Crippen LogP contribution in [0.25, 0.3) is 11.4 Å². The quantitative estimate of drug-likeness (QED) is 0.572. The van der Waals surface area contributed by atoms with Crippen molar-refractivity contribution in [1.29, 1.82) is 5.26 Å². The van der Waals surface area contributed by atoms with Crippen molar-refractivity contribution in [3.05, 3.63) is 65.5 Å². The third kappa shape index (κ3) is 4.56. The van der Waals surface area contributed by atoms with E-state index < -0.39 is 0 Å². The highest BCUT2D eigenvalue weighted by Gasteiger charge is 2.18. The van der Waals surface area contributed by atoms with Crippen molar-refractivity contribution >= 4 is 0 Å². The van der Waals surface area contributed by atoms with Crippen molar-refractivity contribution in [3.8, 4) is 23.2 Å². The Morgan fingerprint density at radius 2 is 1.82 bits per heavy atom. The molecule has 0 aliphatic carbocycles. The summed E-state index contributed by atoms with van der Waals surface area (Å²) in [5.41, 5.74) is 2.70. The first-order valence-corrected chi connectivity index (χ1v) is 9.44. The second-order valence-corrected chi connectivity index (χ2v) is 6.44. The van der Waals surface area contributed by atoms with Gasteiger partial charge in [-0.3, -0.25) is 4.90 Å². The molecule has 0 saturated carbocycles. The van der Waals surface area contributed by atoms with Crippen LogP contribution < -0.4 is 4.74 Å². The largest absolute Gasteiger partial charge is 0.494 e. The minimum absolute atomic E-state index is 0.165. The highest BCUT2D eigenvalue weighted by molar-refractivity contribution is 5.55. The molecule has 1 heterocycles. The van der Waals surface area contributed by atoms with E-state index in [1.165, 1.54) is 0 Å². The molecule has 0 N–H and O–H groups in total. The third-order valence-electron chi connectivity index (χ3n) is 4.71. The van der Waals surface area contributed by atoms with E-state index >= 15 is 0 Å². The lowest BCUT2D eigenvalue weighted by atomic mass is 10.1. The molecule has 0 fully saturated rings. The molecule has 0 spiro atoms. The minimum atomic E-state index is 0.165. The van der Waals surface area contributed by atoms with Crippen molar-refractivity contribution in [3.63, 3.8) is 0 Å². The molecule has 1 aromatic heterocycles. The van der Waals surface area contributed by atoms with Crippen LogP contribution in [-0.2, 0) is 6.54 Å². The van der Waals surface area contributed by atoms with Crippen LogP contribution in [0.5, 0.6) is 5.75 Å². The van der Waals surface area contributed by atoms with E-state index in [-0.39, 0.29) is 6.04 Å². The van der Waals surface area contributed by atoms with Crippen LogP contribution >= 0.6 is 0 Å².